The molecule has 150 valence electrons. The molecule has 29 heavy (non-hydrogen) atoms. The van der Waals surface area contributed by atoms with Gasteiger partial charge in [0.15, 0.2) is 0 Å². The minimum absolute atomic E-state index is 0.411. The van der Waals surface area contributed by atoms with Crippen LogP contribution in [0.5, 0.6) is 0 Å². The first-order valence-corrected chi connectivity index (χ1v) is 11.3. The Morgan fingerprint density at radius 1 is 0.862 bits per heavy atom. The highest BCUT2D eigenvalue weighted by Crippen LogP contribution is 2.42. The first-order valence-electron chi connectivity index (χ1n) is 11.3. The zero-order chi connectivity index (χ0) is 19.5. The Labute approximate surface area is 175 Å². The quantitative estimate of drug-likeness (QED) is 0.741. The molecule has 1 N–H and O–H groups in total. The van der Waals surface area contributed by atoms with Crippen molar-refractivity contribution in [2.45, 2.75) is 43.7 Å². The average molecular weight is 385 g/mol. The van der Waals surface area contributed by atoms with Crippen molar-refractivity contribution in [2.75, 3.05) is 19.6 Å². The van der Waals surface area contributed by atoms with Crippen molar-refractivity contribution < 1.29 is 0 Å². The van der Waals surface area contributed by atoms with Crippen LogP contribution in [0.4, 0.5) is 0 Å². The van der Waals surface area contributed by atoms with Gasteiger partial charge in [-0.2, -0.15) is 0 Å². The standard InChI is InChI=1S/C27H32N2/c1-4-10-21(11-5-1)20-28-26-24-16-18-29(19-17-24)27(26)25(22-12-6-2-7-13-22)23-14-8-3-9-15-23/h2-4,6-15,24-28H,1,5,16-20H2/t26-,27-/m0/s1. The first-order chi connectivity index (χ1) is 14.4. The lowest BCUT2D eigenvalue weighted by Gasteiger charge is -2.54. The number of rotatable bonds is 6. The maximum absolute atomic E-state index is 4.03. The van der Waals surface area contributed by atoms with E-state index >= 15 is 0 Å². The zero-order valence-electron chi connectivity index (χ0n) is 17.2. The van der Waals surface area contributed by atoms with E-state index in [-0.39, 0.29) is 0 Å². The molecule has 3 fully saturated rings. The summed E-state index contributed by atoms with van der Waals surface area (Å²) in [5, 5.41) is 4.03. The average Bonchev–Trinajstić information content (AvgIpc) is 2.81. The number of nitrogens with zero attached hydrogens (tertiary/aromatic N) is 1. The van der Waals surface area contributed by atoms with Crippen LogP contribution < -0.4 is 5.32 Å². The lowest BCUT2D eigenvalue weighted by Crippen LogP contribution is -2.64. The molecule has 0 saturated carbocycles. The van der Waals surface area contributed by atoms with Gasteiger partial charge in [-0.1, -0.05) is 78.9 Å². The molecule has 6 rings (SSSR count). The second-order valence-electron chi connectivity index (χ2n) is 8.83. The number of allylic oxidation sites excluding steroid dienone is 2. The fourth-order valence-electron chi connectivity index (χ4n) is 5.73. The molecule has 2 heteroatoms. The predicted molar refractivity (Wildman–Crippen MR) is 121 cm³/mol. The Kier molecular flexibility index (Phi) is 5.64. The number of hydrogen-bond donors (Lipinski definition) is 1. The molecule has 2 nitrogen and oxygen atoms in total. The van der Waals surface area contributed by atoms with Gasteiger partial charge in [0.2, 0.25) is 0 Å². The van der Waals surface area contributed by atoms with Gasteiger partial charge in [0.05, 0.1) is 0 Å². The third-order valence-corrected chi connectivity index (χ3v) is 7.14. The van der Waals surface area contributed by atoms with Gasteiger partial charge in [-0.3, -0.25) is 4.90 Å². The number of fused-ring (bicyclic) bond motifs is 3. The number of benzene rings is 2. The molecule has 0 amide bonds. The van der Waals surface area contributed by atoms with E-state index in [1.807, 2.05) is 0 Å². The summed E-state index contributed by atoms with van der Waals surface area (Å²) in [5.74, 6) is 1.20. The fourth-order valence-corrected chi connectivity index (χ4v) is 5.73. The highest BCUT2D eigenvalue weighted by atomic mass is 15.2. The van der Waals surface area contributed by atoms with Crippen molar-refractivity contribution in [1.82, 2.24) is 10.2 Å². The topological polar surface area (TPSA) is 15.3 Å². The summed E-state index contributed by atoms with van der Waals surface area (Å²) in [6, 6.07) is 23.4. The summed E-state index contributed by atoms with van der Waals surface area (Å²) in [4.78, 5) is 2.77. The number of hydrogen-bond acceptors (Lipinski definition) is 2. The largest absolute Gasteiger partial charge is 0.308 e. The van der Waals surface area contributed by atoms with Crippen molar-refractivity contribution in [3.05, 3.63) is 95.6 Å². The molecule has 0 unspecified atom stereocenters. The fraction of sp³-hybridized carbons (Fsp3) is 0.407. The second-order valence-corrected chi connectivity index (χ2v) is 8.83. The van der Waals surface area contributed by atoms with Crippen LogP contribution in [0.15, 0.2) is 84.5 Å². The Bertz CT molecular complexity index is 807. The van der Waals surface area contributed by atoms with E-state index in [9.17, 15) is 0 Å². The van der Waals surface area contributed by atoms with Gasteiger partial charge in [-0.05, 0) is 61.4 Å². The van der Waals surface area contributed by atoms with Crippen molar-refractivity contribution in [3.63, 3.8) is 0 Å². The Morgan fingerprint density at radius 3 is 2.10 bits per heavy atom. The Morgan fingerprint density at radius 2 is 1.52 bits per heavy atom. The van der Waals surface area contributed by atoms with Crippen molar-refractivity contribution in [3.8, 4) is 0 Å². The summed E-state index contributed by atoms with van der Waals surface area (Å²) in [6.07, 6.45) is 12.1. The van der Waals surface area contributed by atoms with Crippen LogP contribution in [-0.2, 0) is 0 Å². The van der Waals surface area contributed by atoms with Crippen molar-refractivity contribution in [1.29, 1.82) is 0 Å². The van der Waals surface area contributed by atoms with Crippen LogP contribution >= 0.6 is 0 Å². The maximum atomic E-state index is 4.03. The van der Waals surface area contributed by atoms with Crippen LogP contribution in [0, 0.1) is 5.92 Å². The molecular weight excluding hydrogens is 352 g/mol. The van der Waals surface area contributed by atoms with E-state index in [1.165, 1.54) is 55.5 Å². The minimum atomic E-state index is 0.411. The van der Waals surface area contributed by atoms with Crippen LogP contribution in [-0.4, -0.2) is 36.6 Å². The van der Waals surface area contributed by atoms with E-state index in [2.05, 4.69) is 89.1 Å². The maximum Gasteiger partial charge on any atom is 0.0361 e. The molecule has 2 aromatic carbocycles. The molecule has 3 heterocycles. The molecule has 4 aliphatic rings. The van der Waals surface area contributed by atoms with Gasteiger partial charge < -0.3 is 5.32 Å². The summed E-state index contributed by atoms with van der Waals surface area (Å²) in [5.41, 5.74) is 4.35. The monoisotopic (exact) mass is 384 g/mol. The molecule has 2 aromatic rings. The predicted octanol–water partition coefficient (Wildman–Crippen LogP) is 5.15. The molecule has 0 radical (unpaired) electrons. The number of piperidine rings is 3. The Balaban J connectivity index is 1.48. The lowest BCUT2D eigenvalue weighted by atomic mass is 9.70. The molecule has 1 aliphatic carbocycles. The van der Waals surface area contributed by atoms with E-state index in [1.54, 1.807) is 0 Å². The summed E-state index contributed by atoms with van der Waals surface area (Å²) in [6.45, 7) is 3.48. The smallest absolute Gasteiger partial charge is 0.0361 e. The van der Waals surface area contributed by atoms with E-state index < -0.39 is 0 Å². The van der Waals surface area contributed by atoms with E-state index in [4.69, 9.17) is 0 Å². The van der Waals surface area contributed by atoms with Gasteiger partial charge in [0.1, 0.15) is 0 Å². The molecule has 3 saturated heterocycles. The lowest BCUT2D eigenvalue weighted by molar-refractivity contribution is 0.00657. The molecule has 0 spiro atoms. The van der Waals surface area contributed by atoms with E-state index in [0.717, 1.165) is 12.5 Å². The molecule has 2 bridgehead atoms. The normalized spacial score (nSPS) is 28.5. The highest BCUT2D eigenvalue weighted by Gasteiger charge is 2.46. The minimum Gasteiger partial charge on any atom is -0.308 e. The van der Waals surface area contributed by atoms with E-state index in [0.29, 0.717) is 18.0 Å². The summed E-state index contributed by atoms with van der Waals surface area (Å²) in [7, 11) is 0. The SMILES string of the molecule is C1=CC(CN[C@H]2C3CCN(CC3)[C@H]2C(c2ccccc2)c2ccccc2)=CCC1. The third-order valence-electron chi connectivity index (χ3n) is 7.14. The molecule has 3 aliphatic heterocycles. The zero-order valence-corrected chi connectivity index (χ0v) is 17.2. The summed E-state index contributed by atoms with van der Waals surface area (Å²) >= 11 is 0. The van der Waals surface area contributed by atoms with Gasteiger partial charge in [0.25, 0.3) is 0 Å². The van der Waals surface area contributed by atoms with Gasteiger partial charge in [-0.25, -0.2) is 0 Å². The third kappa shape index (κ3) is 3.97. The van der Waals surface area contributed by atoms with Crippen LogP contribution in [0.25, 0.3) is 0 Å². The van der Waals surface area contributed by atoms with Gasteiger partial charge >= 0.3 is 0 Å². The van der Waals surface area contributed by atoms with Crippen LogP contribution in [0.1, 0.15) is 42.7 Å². The molecular formula is C27H32N2. The van der Waals surface area contributed by atoms with Gasteiger partial charge in [0, 0.05) is 24.5 Å². The Hall–Kier alpha value is -2.16. The van der Waals surface area contributed by atoms with Crippen molar-refractivity contribution in [2.24, 2.45) is 5.92 Å². The van der Waals surface area contributed by atoms with Crippen LogP contribution in [0.2, 0.25) is 0 Å². The summed E-state index contributed by atoms with van der Waals surface area (Å²) < 4.78 is 0. The van der Waals surface area contributed by atoms with Crippen molar-refractivity contribution >= 4 is 0 Å². The first kappa shape index (κ1) is 18.8. The molecule has 2 atom stereocenters. The number of nitrogens with one attached hydrogen (secondary N) is 1. The van der Waals surface area contributed by atoms with Gasteiger partial charge in [-0.15, -0.1) is 0 Å². The highest BCUT2D eigenvalue weighted by molar-refractivity contribution is 5.36. The molecule has 0 aromatic heterocycles. The second kappa shape index (κ2) is 8.69. The van der Waals surface area contributed by atoms with Crippen LogP contribution in [0.3, 0.4) is 0 Å².